The Kier molecular flexibility index (Phi) is 6.46. The number of nitrogens with two attached hydrogens (primary N) is 1. The van der Waals surface area contributed by atoms with Gasteiger partial charge in [0.1, 0.15) is 0 Å². The number of pyridine rings is 2. The Bertz CT molecular complexity index is 946. The van der Waals surface area contributed by atoms with Gasteiger partial charge in [0, 0.05) is 43.0 Å². The maximum absolute atomic E-state index is 12.1. The van der Waals surface area contributed by atoms with Crippen molar-refractivity contribution in [3.05, 3.63) is 47.5 Å². The highest BCUT2D eigenvalue weighted by Crippen LogP contribution is 2.24. The van der Waals surface area contributed by atoms with Gasteiger partial charge in [-0.3, -0.25) is 19.6 Å². The van der Waals surface area contributed by atoms with Crippen LogP contribution in [0, 0.1) is 5.92 Å². The zero-order chi connectivity index (χ0) is 21.8. The second-order valence-corrected chi connectivity index (χ2v) is 8.49. The first-order valence-electron chi connectivity index (χ1n) is 11.0. The Hall–Kier alpha value is -3.00. The van der Waals surface area contributed by atoms with E-state index in [1.165, 1.54) is 0 Å². The van der Waals surface area contributed by atoms with Crippen molar-refractivity contribution < 1.29 is 9.59 Å². The van der Waals surface area contributed by atoms with Crippen LogP contribution in [0.15, 0.2) is 30.6 Å². The van der Waals surface area contributed by atoms with Gasteiger partial charge in [0.25, 0.3) is 5.91 Å². The number of piperidine rings is 2. The van der Waals surface area contributed by atoms with Crippen LogP contribution in [0.4, 0.5) is 11.4 Å². The number of anilines is 2. The number of amides is 2. The van der Waals surface area contributed by atoms with Crippen LogP contribution < -0.4 is 21.3 Å². The Balaban J connectivity index is 1.50. The molecule has 0 aliphatic carbocycles. The highest BCUT2D eigenvalue weighted by atomic mass is 16.2. The Labute approximate surface area is 182 Å². The van der Waals surface area contributed by atoms with Gasteiger partial charge in [0.15, 0.2) is 0 Å². The molecule has 2 fully saturated rings. The lowest BCUT2D eigenvalue weighted by Gasteiger charge is -2.31. The van der Waals surface area contributed by atoms with E-state index in [0.29, 0.717) is 24.3 Å². The first-order chi connectivity index (χ1) is 15.0. The highest BCUT2D eigenvalue weighted by molar-refractivity contribution is 5.98. The molecule has 0 radical (unpaired) electrons. The molecular formula is C23H30N6O2. The molecule has 8 heteroatoms. The molecule has 0 bridgehead atoms. The number of primary amides is 1. The summed E-state index contributed by atoms with van der Waals surface area (Å²) in [6.07, 6.45) is 7.40. The molecule has 2 aromatic heterocycles. The van der Waals surface area contributed by atoms with Crippen molar-refractivity contribution in [2.45, 2.75) is 45.1 Å². The molecule has 2 aliphatic heterocycles. The van der Waals surface area contributed by atoms with Crippen molar-refractivity contribution >= 4 is 23.2 Å². The van der Waals surface area contributed by atoms with Gasteiger partial charge >= 0.3 is 0 Å². The van der Waals surface area contributed by atoms with Crippen molar-refractivity contribution in [2.24, 2.45) is 11.7 Å². The van der Waals surface area contributed by atoms with Gasteiger partial charge in [0.05, 0.1) is 23.1 Å². The quantitative estimate of drug-likeness (QED) is 0.657. The summed E-state index contributed by atoms with van der Waals surface area (Å²) in [7, 11) is 0. The zero-order valence-corrected chi connectivity index (χ0v) is 17.9. The van der Waals surface area contributed by atoms with Crippen molar-refractivity contribution in [3.8, 4) is 0 Å². The number of carbonyl (C=O) groups is 2. The van der Waals surface area contributed by atoms with Gasteiger partial charge in [-0.1, -0.05) is 6.92 Å². The predicted octanol–water partition coefficient (Wildman–Crippen LogP) is 2.09. The molecule has 2 amide bonds. The van der Waals surface area contributed by atoms with Crippen LogP contribution in [-0.2, 0) is 11.2 Å². The van der Waals surface area contributed by atoms with Crippen LogP contribution in [0.5, 0.6) is 0 Å². The largest absolute Gasteiger partial charge is 0.381 e. The molecule has 0 unspecified atom stereocenters. The molecule has 2 aromatic rings. The average Bonchev–Trinajstić information content (AvgIpc) is 2.76. The molecule has 4 N–H and O–H groups in total. The standard InChI is InChI=1S/C23H30N6O2/c1-15-12-25-8-7-20(15)28-21-11-17(27-14-19(21)23(24)31)10-16-5-6-18(13-26-16)29-9-3-2-4-22(29)30/h5-6,11,13-15,20,25H,2-4,7-10,12H2,1H3,(H2,24,31)(H,27,28)/t15-,20+/m0/s1. The number of nitrogens with one attached hydrogen (secondary N) is 2. The summed E-state index contributed by atoms with van der Waals surface area (Å²) >= 11 is 0. The van der Waals surface area contributed by atoms with Gasteiger partial charge in [-0.15, -0.1) is 0 Å². The second-order valence-electron chi connectivity index (χ2n) is 8.49. The van der Waals surface area contributed by atoms with Crippen LogP contribution >= 0.6 is 0 Å². The molecule has 0 aromatic carbocycles. The maximum atomic E-state index is 12.1. The molecule has 4 heterocycles. The van der Waals surface area contributed by atoms with E-state index in [1.807, 2.05) is 23.1 Å². The van der Waals surface area contributed by atoms with E-state index in [2.05, 4.69) is 27.5 Å². The number of hydrogen-bond acceptors (Lipinski definition) is 6. The van der Waals surface area contributed by atoms with Gasteiger partial charge < -0.3 is 21.3 Å². The molecule has 0 saturated carbocycles. The average molecular weight is 423 g/mol. The van der Waals surface area contributed by atoms with Crippen LogP contribution in [-0.4, -0.2) is 47.5 Å². The van der Waals surface area contributed by atoms with Crippen molar-refractivity contribution in [2.75, 3.05) is 29.9 Å². The van der Waals surface area contributed by atoms with E-state index < -0.39 is 5.91 Å². The van der Waals surface area contributed by atoms with Crippen LogP contribution in [0.2, 0.25) is 0 Å². The van der Waals surface area contributed by atoms with Crippen molar-refractivity contribution in [1.82, 2.24) is 15.3 Å². The van der Waals surface area contributed by atoms with Gasteiger partial charge in [-0.25, -0.2) is 0 Å². The van der Waals surface area contributed by atoms with E-state index in [0.717, 1.165) is 61.7 Å². The molecule has 8 nitrogen and oxygen atoms in total. The van der Waals surface area contributed by atoms with Crippen LogP contribution in [0.1, 0.15) is 54.4 Å². The summed E-state index contributed by atoms with van der Waals surface area (Å²) in [5.41, 5.74) is 9.22. The second kappa shape index (κ2) is 9.43. The summed E-state index contributed by atoms with van der Waals surface area (Å²) in [6, 6.07) is 6.05. The maximum Gasteiger partial charge on any atom is 0.252 e. The lowest BCUT2D eigenvalue weighted by molar-refractivity contribution is -0.119. The third-order valence-electron chi connectivity index (χ3n) is 6.16. The summed E-state index contributed by atoms with van der Waals surface area (Å²) < 4.78 is 0. The lowest BCUT2D eigenvalue weighted by Crippen LogP contribution is -2.42. The fourth-order valence-electron chi connectivity index (χ4n) is 4.28. The van der Waals surface area contributed by atoms with Gasteiger partial charge in [-0.05, 0) is 56.5 Å². The molecule has 164 valence electrons. The van der Waals surface area contributed by atoms with Crippen LogP contribution in [0.3, 0.4) is 0 Å². The normalized spacial score (nSPS) is 21.7. The smallest absolute Gasteiger partial charge is 0.252 e. The first-order valence-corrected chi connectivity index (χ1v) is 11.0. The summed E-state index contributed by atoms with van der Waals surface area (Å²) in [6.45, 7) is 4.83. The summed E-state index contributed by atoms with van der Waals surface area (Å²) in [5, 5.41) is 6.90. The van der Waals surface area contributed by atoms with Crippen molar-refractivity contribution in [1.29, 1.82) is 0 Å². The number of nitrogens with zero attached hydrogens (tertiary/aromatic N) is 3. The number of rotatable bonds is 6. The molecular weight excluding hydrogens is 392 g/mol. The van der Waals surface area contributed by atoms with E-state index in [-0.39, 0.29) is 11.9 Å². The van der Waals surface area contributed by atoms with Gasteiger partial charge in [0.2, 0.25) is 5.91 Å². The van der Waals surface area contributed by atoms with E-state index in [1.54, 1.807) is 12.4 Å². The van der Waals surface area contributed by atoms with E-state index in [4.69, 9.17) is 5.73 Å². The van der Waals surface area contributed by atoms with E-state index >= 15 is 0 Å². The third kappa shape index (κ3) is 5.02. The monoisotopic (exact) mass is 422 g/mol. The van der Waals surface area contributed by atoms with E-state index in [9.17, 15) is 9.59 Å². The number of carbonyl (C=O) groups excluding carboxylic acids is 2. The van der Waals surface area contributed by atoms with Gasteiger partial charge in [-0.2, -0.15) is 0 Å². The molecule has 31 heavy (non-hydrogen) atoms. The molecule has 2 saturated heterocycles. The minimum Gasteiger partial charge on any atom is -0.381 e. The topological polar surface area (TPSA) is 113 Å². The Morgan fingerprint density at radius 1 is 1.26 bits per heavy atom. The highest BCUT2D eigenvalue weighted by Gasteiger charge is 2.23. The molecule has 2 aliphatic rings. The number of hydrogen-bond donors (Lipinski definition) is 3. The molecule has 2 atom stereocenters. The minimum absolute atomic E-state index is 0.160. The third-order valence-corrected chi connectivity index (χ3v) is 6.16. The number of aromatic nitrogens is 2. The zero-order valence-electron chi connectivity index (χ0n) is 17.9. The van der Waals surface area contributed by atoms with Crippen LogP contribution in [0.25, 0.3) is 0 Å². The Morgan fingerprint density at radius 2 is 2.10 bits per heavy atom. The molecule has 0 spiro atoms. The predicted molar refractivity (Wildman–Crippen MR) is 120 cm³/mol. The molecule has 4 rings (SSSR count). The first kappa shape index (κ1) is 21.2. The minimum atomic E-state index is -0.489. The fraction of sp³-hybridized carbons (Fsp3) is 0.478. The summed E-state index contributed by atoms with van der Waals surface area (Å²) in [4.78, 5) is 34.8. The van der Waals surface area contributed by atoms with Crippen molar-refractivity contribution in [3.63, 3.8) is 0 Å². The lowest BCUT2D eigenvalue weighted by atomic mass is 9.94. The SMILES string of the molecule is C[C@H]1CNCC[C@H]1Nc1cc(Cc2ccc(N3CCCCC3=O)cn2)ncc1C(N)=O. The fourth-order valence-corrected chi connectivity index (χ4v) is 4.28. The summed E-state index contributed by atoms with van der Waals surface area (Å²) in [5.74, 6) is 0.113. The Morgan fingerprint density at radius 3 is 2.81 bits per heavy atom.